The number of benzene rings is 1. The Labute approximate surface area is 116 Å². The number of esters is 1. The molecule has 0 saturated carbocycles. The molecular formula is C13H16N2O5. The maximum Gasteiger partial charge on any atom is 0.344 e. The molecule has 20 heavy (non-hydrogen) atoms. The Hall–Kier alpha value is -2.57. The van der Waals surface area contributed by atoms with Gasteiger partial charge in [-0.15, -0.1) is 0 Å². The van der Waals surface area contributed by atoms with Crippen molar-refractivity contribution in [1.29, 1.82) is 0 Å². The summed E-state index contributed by atoms with van der Waals surface area (Å²) >= 11 is 0. The molecule has 0 aliphatic carbocycles. The van der Waals surface area contributed by atoms with E-state index in [4.69, 9.17) is 4.74 Å². The lowest BCUT2D eigenvalue weighted by molar-refractivity contribution is -0.150. The monoisotopic (exact) mass is 280 g/mol. The first-order chi connectivity index (χ1) is 9.51. The molecule has 7 nitrogen and oxygen atoms in total. The molecule has 2 N–H and O–H groups in total. The van der Waals surface area contributed by atoms with Gasteiger partial charge in [0, 0.05) is 7.05 Å². The molecule has 0 aliphatic heterocycles. The predicted molar refractivity (Wildman–Crippen MR) is 70.2 cm³/mol. The summed E-state index contributed by atoms with van der Waals surface area (Å²) in [6.07, 6.45) is 0. The van der Waals surface area contributed by atoms with E-state index in [0.717, 1.165) is 5.56 Å². The first-order valence-electron chi connectivity index (χ1n) is 5.88. The van der Waals surface area contributed by atoms with Gasteiger partial charge in [0.25, 0.3) is 5.91 Å². The number of urea groups is 1. The lowest BCUT2D eigenvalue weighted by Crippen LogP contribution is -2.40. The van der Waals surface area contributed by atoms with Crippen LogP contribution in [0.3, 0.4) is 0 Å². The van der Waals surface area contributed by atoms with Gasteiger partial charge >= 0.3 is 12.0 Å². The van der Waals surface area contributed by atoms with Crippen LogP contribution in [-0.4, -0.2) is 38.2 Å². The number of aryl methyl sites for hydroxylation is 1. The molecule has 1 aromatic carbocycles. The molecule has 0 fully saturated rings. The average molecular weight is 280 g/mol. The van der Waals surface area contributed by atoms with Crippen LogP contribution in [0.5, 0.6) is 5.75 Å². The third-order valence-electron chi connectivity index (χ3n) is 2.19. The van der Waals surface area contributed by atoms with Crippen molar-refractivity contribution in [3.63, 3.8) is 0 Å². The summed E-state index contributed by atoms with van der Waals surface area (Å²) in [5.41, 5.74) is 1.00. The maximum absolute atomic E-state index is 11.3. The van der Waals surface area contributed by atoms with Gasteiger partial charge in [-0.2, -0.15) is 0 Å². The maximum atomic E-state index is 11.3. The molecule has 0 atom stereocenters. The SMILES string of the molecule is CNC(=O)NC(=O)COC(=O)COc1cccc(C)c1. The highest BCUT2D eigenvalue weighted by Crippen LogP contribution is 2.11. The number of hydrogen-bond acceptors (Lipinski definition) is 5. The lowest BCUT2D eigenvalue weighted by atomic mass is 10.2. The molecule has 1 rings (SSSR count). The third-order valence-corrected chi connectivity index (χ3v) is 2.19. The van der Waals surface area contributed by atoms with Gasteiger partial charge in [0.2, 0.25) is 0 Å². The first-order valence-corrected chi connectivity index (χ1v) is 5.88. The van der Waals surface area contributed by atoms with Crippen molar-refractivity contribution in [1.82, 2.24) is 10.6 Å². The Kier molecular flexibility index (Phi) is 6.02. The van der Waals surface area contributed by atoms with Crippen molar-refractivity contribution in [3.8, 4) is 5.75 Å². The predicted octanol–water partition coefficient (Wildman–Crippen LogP) is 0.373. The summed E-state index contributed by atoms with van der Waals surface area (Å²) < 4.78 is 9.84. The second-order valence-electron chi connectivity index (χ2n) is 3.89. The quantitative estimate of drug-likeness (QED) is 0.760. The highest BCUT2D eigenvalue weighted by molar-refractivity contribution is 5.95. The van der Waals surface area contributed by atoms with Gasteiger partial charge in [0.1, 0.15) is 5.75 Å². The summed E-state index contributed by atoms with van der Waals surface area (Å²) in [5.74, 6) is -0.872. The van der Waals surface area contributed by atoms with Crippen LogP contribution in [0, 0.1) is 6.92 Å². The van der Waals surface area contributed by atoms with Gasteiger partial charge in [-0.1, -0.05) is 12.1 Å². The molecule has 1 aromatic rings. The topological polar surface area (TPSA) is 93.7 Å². The van der Waals surface area contributed by atoms with E-state index in [-0.39, 0.29) is 6.61 Å². The van der Waals surface area contributed by atoms with Gasteiger partial charge < -0.3 is 14.8 Å². The highest BCUT2D eigenvalue weighted by atomic mass is 16.6. The van der Waals surface area contributed by atoms with Crippen molar-refractivity contribution in [2.24, 2.45) is 0 Å². The highest BCUT2D eigenvalue weighted by Gasteiger charge is 2.10. The number of rotatable bonds is 5. The van der Waals surface area contributed by atoms with Crippen molar-refractivity contribution >= 4 is 17.9 Å². The fraction of sp³-hybridized carbons (Fsp3) is 0.308. The summed E-state index contributed by atoms with van der Waals surface area (Å²) in [6, 6.07) is 6.51. The molecule has 0 unspecified atom stereocenters. The van der Waals surface area contributed by atoms with E-state index >= 15 is 0 Å². The molecule has 0 aliphatic rings. The fourth-order valence-electron chi connectivity index (χ4n) is 1.26. The van der Waals surface area contributed by atoms with Crippen molar-refractivity contribution in [2.75, 3.05) is 20.3 Å². The van der Waals surface area contributed by atoms with E-state index < -0.39 is 24.5 Å². The number of amides is 3. The second-order valence-corrected chi connectivity index (χ2v) is 3.89. The zero-order valence-corrected chi connectivity index (χ0v) is 11.3. The van der Waals surface area contributed by atoms with E-state index in [2.05, 4.69) is 10.1 Å². The van der Waals surface area contributed by atoms with E-state index in [1.165, 1.54) is 7.05 Å². The van der Waals surface area contributed by atoms with E-state index in [1.807, 2.05) is 18.3 Å². The van der Waals surface area contributed by atoms with Crippen LogP contribution in [-0.2, 0) is 14.3 Å². The number of carbonyl (C=O) groups is 3. The van der Waals surface area contributed by atoms with Crippen LogP contribution in [0.25, 0.3) is 0 Å². The van der Waals surface area contributed by atoms with Crippen LogP contribution >= 0.6 is 0 Å². The lowest BCUT2D eigenvalue weighted by Gasteiger charge is -2.07. The van der Waals surface area contributed by atoms with E-state index in [1.54, 1.807) is 18.2 Å². The number of hydrogen-bond donors (Lipinski definition) is 2. The van der Waals surface area contributed by atoms with Crippen LogP contribution in [0.2, 0.25) is 0 Å². The van der Waals surface area contributed by atoms with Gasteiger partial charge in [0.15, 0.2) is 13.2 Å². The normalized spacial score (nSPS) is 9.50. The number of imide groups is 1. The van der Waals surface area contributed by atoms with E-state index in [0.29, 0.717) is 5.75 Å². The zero-order chi connectivity index (χ0) is 15.0. The average Bonchev–Trinajstić information content (AvgIpc) is 2.42. The van der Waals surface area contributed by atoms with Crippen LogP contribution in [0.1, 0.15) is 5.56 Å². The van der Waals surface area contributed by atoms with E-state index in [9.17, 15) is 14.4 Å². The summed E-state index contributed by atoms with van der Waals surface area (Å²) in [7, 11) is 1.37. The Bertz CT molecular complexity index is 501. The minimum absolute atomic E-state index is 0.309. The Morgan fingerprint density at radius 2 is 1.95 bits per heavy atom. The molecule has 0 heterocycles. The summed E-state index contributed by atoms with van der Waals surface area (Å²) in [4.78, 5) is 33.3. The second kappa shape index (κ2) is 7.78. The zero-order valence-electron chi connectivity index (χ0n) is 11.3. The molecular weight excluding hydrogens is 264 g/mol. The minimum atomic E-state index is -0.715. The fourth-order valence-corrected chi connectivity index (χ4v) is 1.26. The number of ether oxygens (including phenoxy) is 2. The molecule has 0 saturated heterocycles. The van der Waals surface area contributed by atoms with Crippen molar-refractivity contribution in [2.45, 2.75) is 6.92 Å². The standard InChI is InChI=1S/C13H16N2O5/c1-9-4-3-5-10(6-9)19-8-12(17)20-7-11(16)15-13(18)14-2/h3-6H,7-8H2,1-2H3,(H2,14,15,16,18). The number of nitrogens with one attached hydrogen (secondary N) is 2. The molecule has 0 spiro atoms. The van der Waals surface area contributed by atoms with Crippen molar-refractivity contribution < 1.29 is 23.9 Å². The Morgan fingerprint density at radius 3 is 2.60 bits per heavy atom. The minimum Gasteiger partial charge on any atom is -0.482 e. The largest absolute Gasteiger partial charge is 0.482 e. The third kappa shape index (κ3) is 5.85. The van der Waals surface area contributed by atoms with Crippen molar-refractivity contribution in [3.05, 3.63) is 29.8 Å². The molecule has 7 heteroatoms. The molecule has 0 bridgehead atoms. The van der Waals surface area contributed by atoms with Gasteiger partial charge in [0.05, 0.1) is 0 Å². The van der Waals surface area contributed by atoms with Gasteiger partial charge in [-0.3, -0.25) is 10.1 Å². The molecule has 0 radical (unpaired) electrons. The summed E-state index contributed by atoms with van der Waals surface area (Å²) in [6.45, 7) is 1.05. The number of carbonyl (C=O) groups excluding carboxylic acids is 3. The molecule has 108 valence electrons. The van der Waals surface area contributed by atoms with Gasteiger partial charge in [-0.25, -0.2) is 9.59 Å². The Balaban J connectivity index is 2.27. The van der Waals surface area contributed by atoms with Crippen LogP contribution in [0.4, 0.5) is 4.79 Å². The molecule has 0 aromatic heterocycles. The van der Waals surface area contributed by atoms with Gasteiger partial charge in [-0.05, 0) is 24.6 Å². The summed E-state index contributed by atoms with van der Waals surface area (Å²) in [5, 5.41) is 4.16. The smallest absolute Gasteiger partial charge is 0.344 e. The van der Waals surface area contributed by atoms with Crippen LogP contribution < -0.4 is 15.4 Å². The Morgan fingerprint density at radius 1 is 1.20 bits per heavy atom. The first kappa shape index (κ1) is 15.5. The van der Waals surface area contributed by atoms with Crippen LogP contribution in [0.15, 0.2) is 24.3 Å². The molecule has 3 amide bonds.